The molecule has 0 spiro atoms. The highest BCUT2D eigenvalue weighted by Gasteiger charge is 2.61. The molecule has 0 saturated carbocycles. The lowest BCUT2D eigenvalue weighted by Crippen LogP contribution is -2.74. The van der Waals surface area contributed by atoms with Crippen LogP contribution in [0.15, 0.2) is 24.3 Å². The number of β-lactam (4-membered cyclic amide) rings is 1. The topological polar surface area (TPSA) is 84.9 Å². The summed E-state index contributed by atoms with van der Waals surface area (Å²) in [5, 5.41) is 3.00. The molecule has 0 aliphatic carbocycles. The molecule has 0 bridgehead atoms. The first-order valence-corrected chi connectivity index (χ1v) is 16.6. The van der Waals surface area contributed by atoms with Gasteiger partial charge in [-0.25, -0.2) is 4.90 Å². The van der Waals surface area contributed by atoms with Crippen LogP contribution in [0.4, 0.5) is 0 Å². The van der Waals surface area contributed by atoms with E-state index in [0.29, 0.717) is 24.2 Å². The van der Waals surface area contributed by atoms with Crippen molar-refractivity contribution in [3.63, 3.8) is 0 Å². The number of imide groups is 1. The Morgan fingerprint density at radius 1 is 1.11 bits per heavy atom. The summed E-state index contributed by atoms with van der Waals surface area (Å²) in [7, 11) is -1.14. The lowest BCUT2D eigenvalue weighted by atomic mass is 9.62. The Morgan fingerprint density at radius 2 is 1.68 bits per heavy atom. The zero-order chi connectivity index (χ0) is 28.5. The fourth-order valence-corrected chi connectivity index (χ4v) is 7.10. The van der Waals surface area contributed by atoms with E-state index in [-0.39, 0.29) is 23.1 Å². The van der Waals surface area contributed by atoms with Crippen LogP contribution < -0.4 is 10.1 Å². The summed E-state index contributed by atoms with van der Waals surface area (Å²) in [5.74, 6) is -1.33. The molecule has 0 aromatic heterocycles. The first kappa shape index (κ1) is 30.3. The standard InChI is InChI=1S/C30H47N2O5Si/c1-10-12-18-30(19-13-11-2)32(27(35)21-16-14-15-17-22(21)36-30)26(34)20(3)24-23(25(33)31-24)29(7,28(4,5)6)37-38(8)9/h14-17,20,23-24H,10-13,18-19H2,1-9H3,(H,31,33)/t20-,23-,24-,29-/m1/s1. The van der Waals surface area contributed by atoms with Gasteiger partial charge in [0.1, 0.15) is 5.75 Å². The molecule has 8 heteroatoms. The van der Waals surface area contributed by atoms with Crippen molar-refractivity contribution >= 4 is 26.8 Å². The number of hydrogen-bond donors (Lipinski definition) is 1. The maximum Gasteiger partial charge on any atom is 0.267 e. The average Bonchev–Trinajstić information content (AvgIpc) is 2.83. The molecular formula is C30H47N2O5Si. The van der Waals surface area contributed by atoms with Gasteiger partial charge < -0.3 is 14.5 Å². The monoisotopic (exact) mass is 543 g/mol. The third kappa shape index (κ3) is 5.44. The van der Waals surface area contributed by atoms with Gasteiger partial charge in [-0.3, -0.25) is 14.4 Å². The summed E-state index contributed by atoms with van der Waals surface area (Å²) in [5.41, 5.74) is -1.74. The number of benzene rings is 1. The molecule has 1 aromatic carbocycles. The van der Waals surface area contributed by atoms with Crippen LogP contribution in [-0.2, 0) is 14.0 Å². The van der Waals surface area contributed by atoms with Crippen LogP contribution in [0.25, 0.3) is 0 Å². The summed E-state index contributed by atoms with van der Waals surface area (Å²) in [6.45, 7) is 18.4. The van der Waals surface area contributed by atoms with E-state index in [4.69, 9.17) is 9.16 Å². The quantitative estimate of drug-likeness (QED) is 0.275. The maximum atomic E-state index is 14.4. The minimum absolute atomic E-state index is 0.106. The van der Waals surface area contributed by atoms with Gasteiger partial charge >= 0.3 is 0 Å². The van der Waals surface area contributed by atoms with Gasteiger partial charge in [-0.15, -0.1) is 0 Å². The molecule has 1 radical (unpaired) electrons. The largest absolute Gasteiger partial charge is 0.467 e. The molecule has 1 N–H and O–H groups in total. The van der Waals surface area contributed by atoms with Crippen LogP contribution in [-0.4, -0.2) is 49.0 Å². The third-order valence-electron chi connectivity index (χ3n) is 8.47. The number of amides is 3. The van der Waals surface area contributed by atoms with Gasteiger partial charge in [0, 0.05) is 12.8 Å². The predicted octanol–water partition coefficient (Wildman–Crippen LogP) is 5.95. The molecule has 1 saturated heterocycles. The van der Waals surface area contributed by atoms with Crippen LogP contribution >= 0.6 is 0 Å². The second-order valence-electron chi connectivity index (χ2n) is 12.4. The highest BCUT2D eigenvalue weighted by atomic mass is 28.3. The number of unbranched alkanes of at least 4 members (excludes halogenated alkanes) is 2. The molecule has 2 aliphatic heterocycles. The second-order valence-corrected chi connectivity index (χ2v) is 14.4. The maximum absolute atomic E-state index is 14.4. The van der Waals surface area contributed by atoms with E-state index in [9.17, 15) is 14.4 Å². The van der Waals surface area contributed by atoms with Crippen LogP contribution in [0.5, 0.6) is 5.75 Å². The number of ether oxygens (including phenoxy) is 1. The number of hydrogen-bond acceptors (Lipinski definition) is 5. The highest BCUT2D eigenvalue weighted by Crippen LogP contribution is 2.47. The molecule has 7 nitrogen and oxygen atoms in total. The summed E-state index contributed by atoms with van der Waals surface area (Å²) in [6.07, 6.45) is 4.64. The fourth-order valence-electron chi connectivity index (χ4n) is 5.82. The molecule has 211 valence electrons. The Labute approximate surface area is 230 Å². The van der Waals surface area contributed by atoms with E-state index in [1.807, 2.05) is 26.0 Å². The van der Waals surface area contributed by atoms with Crippen molar-refractivity contribution in [3.8, 4) is 5.75 Å². The number of nitrogens with zero attached hydrogens (tertiary/aromatic N) is 1. The van der Waals surface area contributed by atoms with E-state index >= 15 is 0 Å². The molecule has 38 heavy (non-hydrogen) atoms. The van der Waals surface area contributed by atoms with Crippen molar-refractivity contribution in [3.05, 3.63) is 29.8 Å². The summed E-state index contributed by atoms with van der Waals surface area (Å²) in [6, 6.07) is 6.74. The van der Waals surface area contributed by atoms with Gasteiger partial charge in [0.05, 0.1) is 29.0 Å². The summed E-state index contributed by atoms with van der Waals surface area (Å²) < 4.78 is 13.1. The second kappa shape index (κ2) is 11.5. The number of nitrogens with one attached hydrogen (secondary N) is 1. The van der Waals surface area contributed by atoms with Crippen molar-refractivity contribution in [2.75, 3.05) is 0 Å². The third-order valence-corrected chi connectivity index (χ3v) is 9.30. The lowest BCUT2D eigenvalue weighted by Gasteiger charge is -2.56. The highest BCUT2D eigenvalue weighted by molar-refractivity contribution is 6.48. The first-order valence-electron chi connectivity index (χ1n) is 14.2. The minimum atomic E-state index is -1.14. The molecule has 3 amide bonds. The Morgan fingerprint density at radius 3 is 2.18 bits per heavy atom. The predicted molar refractivity (Wildman–Crippen MR) is 151 cm³/mol. The van der Waals surface area contributed by atoms with Gasteiger partial charge in [0.25, 0.3) is 5.91 Å². The molecule has 3 rings (SSSR count). The smallest absolute Gasteiger partial charge is 0.267 e. The molecule has 4 atom stereocenters. The zero-order valence-electron chi connectivity index (χ0n) is 24.8. The van der Waals surface area contributed by atoms with Crippen LogP contribution in [0.2, 0.25) is 13.1 Å². The molecule has 0 unspecified atom stereocenters. The Hall–Kier alpha value is -2.19. The summed E-state index contributed by atoms with van der Waals surface area (Å²) in [4.78, 5) is 42.8. The van der Waals surface area contributed by atoms with Gasteiger partial charge in [0.15, 0.2) is 5.72 Å². The van der Waals surface area contributed by atoms with E-state index in [1.165, 1.54) is 4.90 Å². The van der Waals surface area contributed by atoms with Crippen molar-refractivity contribution in [2.45, 2.75) is 117 Å². The number of fused-ring (bicyclic) bond motifs is 1. The minimum Gasteiger partial charge on any atom is -0.467 e. The lowest BCUT2D eigenvalue weighted by molar-refractivity contribution is -0.170. The van der Waals surface area contributed by atoms with E-state index < -0.39 is 38.2 Å². The summed E-state index contributed by atoms with van der Waals surface area (Å²) >= 11 is 0. The van der Waals surface area contributed by atoms with Crippen LogP contribution in [0.1, 0.15) is 97.3 Å². The van der Waals surface area contributed by atoms with Gasteiger partial charge in [-0.1, -0.05) is 66.5 Å². The average molecular weight is 544 g/mol. The molecule has 2 heterocycles. The molecule has 2 aliphatic rings. The van der Waals surface area contributed by atoms with Crippen molar-refractivity contribution < 1.29 is 23.5 Å². The SMILES string of the molecule is CCCCC1(CCCC)Oc2ccccc2C(=O)N1C(=O)[C@H](C)[C@H]1NC(=O)[C@@H]1[C@@](C)(O[Si](C)C)C(C)(C)C. The van der Waals surface area contributed by atoms with Crippen LogP contribution in [0, 0.1) is 17.3 Å². The normalized spacial score (nSPS) is 23.2. The van der Waals surface area contributed by atoms with Crippen molar-refractivity contribution in [2.24, 2.45) is 17.3 Å². The number of carbonyl (C=O) groups is 3. The Balaban J connectivity index is 2.04. The molecule has 1 fully saturated rings. The number of para-hydroxylation sites is 1. The van der Waals surface area contributed by atoms with Gasteiger partial charge in [0.2, 0.25) is 20.9 Å². The fraction of sp³-hybridized carbons (Fsp3) is 0.700. The van der Waals surface area contributed by atoms with E-state index in [1.54, 1.807) is 12.1 Å². The Bertz CT molecular complexity index is 1030. The van der Waals surface area contributed by atoms with Gasteiger partial charge in [-0.2, -0.15) is 0 Å². The van der Waals surface area contributed by atoms with E-state index in [0.717, 1.165) is 25.7 Å². The number of rotatable bonds is 11. The molecular weight excluding hydrogens is 496 g/mol. The first-order chi connectivity index (χ1) is 17.7. The van der Waals surface area contributed by atoms with Crippen molar-refractivity contribution in [1.82, 2.24) is 10.2 Å². The molecule has 1 aromatic rings. The van der Waals surface area contributed by atoms with Crippen molar-refractivity contribution in [1.29, 1.82) is 0 Å². The van der Waals surface area contributed by atoms with Crippen LogP contribution in [0.3, 0.4) is 0 Å². The number of carbonyl (C=O) groups excluding carboxylic acids is 3. The Kier molecular flexibility index (Phi) is 9.19. The van der Waals surface area contributed by atoms with Gasteiger partial charge in [-0.05, 0) is 50.4 Å². The zero-order valence-corrected chi connectivity index (χ0v) is 25.8. The van der Waals surface area contributed by atoms with E-state index in [2.05, 4.69) is 53.0 Å².